The first kappa shape index (κ1) is 18.0. The summed E-state index contributed by atoms with van der Waals surface area (Å²) in [6.45, 7) is 2.29. The minimum absolute atomic E-state index is 0.162. The average Bonchev–Trinajstić information content (AvgIpc) is 2.53. The molecule has 0 heterocycles. The fourth-order valence-corrected chi connectivity index (χ4v) is 2.56. The zero-order chi connectivity index (χ0) is 15.6. The van der Waals surface area contributed by atoms with Crippen LogP contribution in [0.25, 0.3) is 0 Å². The number of hydrogen-bond acceptors (Lipinski definition) is 2. The monoisotopic (exact) mass is 352 g/mol. The van der Waals surface area contributed by atoms with E-state index in [0.717, 1.165) is 19.3 Å². The molecule has 1 unspecified atom stereocenters. The lowest BCUT2D eigenvalue weighted by molar-refractivity contribution is 0.163. The van der Waals surface area contributed by atoms with Crippen LogP contribution in [0.15, 0.2) is 54.8 Å². The topological polar surface area (TPSA) is 29.5 Å². The van der Waals surface area contributed by atoms with Gasteiger partial charge in [-0.25, -0.2) is 0 Å². The summed E-state index contributed by atoms with van der Waals surface area (Å²) < 4.78 is 4.91. The fraction of sp³-hybridized carbons (Fsp3) is 0.444. The van der Waals surface area contributed by atoms with Crippen molar-refractivity contribution >= 4 is 15.9 Å². The molecule has 0 fully saturated rings. The molecule has 1 aromatic carbocycles. The Morgan fingerprint density at radius 2 is 2.05 bits per heavy atom. The van der Waals surface area contributed by atoms with Crippen LogP contribution in [0.4, 0.5) is 0 Å². The molecule has 0 saturated heterocycles. The van der Waals surface area contributed by atoms with E-state index in [1.165, 1.54) is 5.56 Å². The van der Waals surface area contributed by atoms with E-state index in [9.17, 15) is 5.11 Å². The van der Waals surface area contributed by atoms with Gasteiger partial charge < -0.3 is 9.84 Å². The molecule has 0 radical (unpaired) electrons. The molecule has 2 atom stereocenters. The van der Waals surface area contributed by atoms with Crippen molar-refractivity contribution in [2.24, 2.45) is 5.41 Å². The van der Waals surface area contributed by atoms with E-state index < -0.39 is 0 Å². The van der Waals surface area contributed by atoms with Crippen molar-refractivity contribution in [3.05, 3.63) is 60.4 Å². The fourth-order valence-electron chi connectivity index (χ4n) is 2.22. The van der Waals surface area contributed by atoms with Crippen LogP contribution < -0.4 is 0 Å². The standard InChI is InChI=1S/C18H25BrO2/c1-3-18(15-20,14-16-8-5-4-6-9-16)12-7-10-17(19)11-13-21-2/h4-9,11-13,17,20H,3,10,14-15H2,1-2H3/b12-7+,13-11+/t17-,18?/m1/s1. The van der Waals surface area contributed by atoms with Crippen molar-refractivity contribution in [2.45, 2.75) is 31.0 Å². The Morgan fingerprint density at radius 3 is 2.62 bits per heavy atom. The molecule has 2 nitrogen and oxygen atoms in total. The number of aliphatic hydroxyl groups is 1. The number of rotatable bonds is 9. The quantitative estimate of drug-likeness (QED) is 0.403. The maximum absolute atomic E-state index is 9.85. The number of ether oxygens (including phenoxy) is 1. The van der Waals surface area contributed by atoms with Gasteiger partial charge in [0.1, 0.15) is 0 Å². The zero-order valence-corrected chi connectivity index (χ0v) is 14.4. The highest BCUT2D eigenvalue weighted by molar-refractivity contribution is 9.09. The third kappa shape index (κ3) is 6.49. The normalized spacial score (nSPS) is 16.2. The number of benzene rings is 1. The maximum Gasteiger partial charge on any atom is 0.0796 e. The Morgan fingerprint density at radius 1 is 1.33 bits per heavy atom. The zero-order valence-electron chi connectivity index (χ0n) is 12.8. The Bertz CT molecular complexity index is 436. The average molecular weight is 353 g/mol. The highest BCUT2D eigenvalue weighted by atomic mass is 79.9. The van der Waals surface area contributed by atoms with Gasteiger partial charge in [-0.1, -0.05) is 65.3 Å². The second-order valence-electron chi connectivity index (χ2n) is 5.25. The first-order valence-electron chi connectivity index (χ1n) is 7.32. The highest BCUT2D eigenvalue weighted by Crippen LogP contribution is 2.29. The predicted molar refractivity (Wildman–Crippen MR) is 92.6 cm³/mol. The molecule has 3 heteroatoms. The van der Waals surface area contributed by atoms with Crippen molar-refractivity contribution in [1.29, 1.82) is 0 Å². The summed E-state index contributed by atoms with van der Waals surface area (Å²) in [5.74, 6) is 0. The molecule has 0 spiro atoms. The predicted octanol–water partition coefficient (Wildman–Crippen LogP) is 4.49. The molecule has 0 aromatic heterocycles. The molecule has 1 N–H and O–H groups in total. The molecule has 0 bridgehead atoms. The number of hydrogen-bond donors (Lipinski definition) is 1. The van der Waals surface area contributed by atoms with E-state index in [1.54, 1.807) is 13.4 Å². The van der Waals surface area contributed by atoms with E-state index >= 15 is 0 Å². The van der Waals surface area contributed by atoms with Crippen LogP contribution in [0.3, 0.4) is 0 Å². The van der Waals surface area contributed by atoms with E-state index in [4.69, 9.17) is 4.74 Å². The Labute approximate surface area is 136 Å². The molecule has 21 heavy (non-hydrogen) atoms. The van der Waals surface area contributed by atoms with Crippen LogP contribution >= 0.6 is 15.9 Å². The lowest BCUT2D eigenvalue weighted by Gasteiger charge is -2.27. The molecule has 0 amide bonds. The molecule has 0 saturated carbocycles. The van der Waals surface area contributed by atoms with Crippen molar-refractivity contribution in [3.63, 3.8) is 0 Å². The molecular weight excluding hydrogens is 328 g/mol. The van der Waals surface area contributed by atoms with Gasteiger partial charge in [0.15, 0.2) is 0 Å². The second kappa shape index (κ2) is 9.80. The van der Waals surface area contributed by atoms with Crippen molar-refractivity contribution in [3.8, 4) is 0 Å². The summed E-state index contributed by atoms with van der Waals surface area (Å²) in [6.07, 6.45) is 10.6. The van der Waals surface area contributed by atoms with E-state index in [1.807, 2.05) is 24.3 Å². The lowest BCUT2D eigenvalue weighted by atomic mass is 9.79. The lowest BCUT2D eigenvalue weighted by Crippen LogP contribution is -2.25. The largest absolute Gasteiger partial charge is 0.505 e. The van der Waals surface area contributed by atoms with Crippen LogP contribution in [0, 0.1) is 5.41 Å². The summed E-state index contributed by atoms with van der Waals surface area (Å²) in [5.41, 5.74) is 1.08. The molecule has 0 aliphatic rings. The summed E-state index contributed by atoms with van der Waals surface area (Å²) in [7, 11) is 1.64. The van der Waals surface area contributed by atoms with Gasteiger partial charge in [0.05, 0.1) is 20.0 Å². The smallest absolute Gasteiger partial charge is 0.0796 e. The van der Waals surface area contributed by atoms with E-state index in [0.29, 0.717) is 0 Å². The third-order valence-corrected chi connectivity index (χ3v) is 4.35. The molecule has 0 aliphatic carbocycles. The van der Waals surface area contributed by atoms with Gasteiger partial charge in [0, 0.05) is 10.2 Å². The Kier molecular flexibility index (Phi) is 8.40. The number of methoxy groups -OCH3 is 1. The van der Waals surface area contributed by atoms with Crippen LogP contribution in [-0.4, -0.2) is 23.7 Å². The van der Waals surface area contributed by atoms with Gasteiger partial charge in [0.25, 0.3) is 0 Å². The molecule has 1 rings (SSSR count). The van der Waals surface area contributed by atoms with Gasteiger partial charge in [-0.05, 0) is 30.9 Å². The van der Waals surface area contributed by atoms with Gasteiger partial charge in [-0.3, -0.25) is 0 Å². The van der Waals surface area contributed by atoms with Gasteiger partial charge in [0.2, 0.25) is 0 Å². The Balaban J connectivity index is 2.69. The first-order valence-corrected chi connectivity index (χ1v) is 8.23. The Hall–Kier alpha value is -1.06. The van der Waals surface area contributed by atoms with Crippen LogP contribution in [0.5, 0.6) is 0 Å². The van der Waals surface area contributed by atoms with Crippen molar-refractivity contribution < 1.29 is 9.84 Å². The molecule has 0 aliphatic heterocycles. The van der Waals surface area contributed by atoms with Crippen LogP contribution in [0.2, 0.25) is 0 Å². The molecule has 116 valence electrons. The third-order valence-electron chi connectivity index (χ3n) is 3.67. The summed E-state index contributed by atoms with van der Waals surface area (Å²) in [5, 5.41) is 9.85. The van der Waals surface area contributed by atoms with Gasteiger partial charge in [-0.15, -0.1) is 0 Å². The number of halogens is 1. The van der Waals surface area contributed by atoms with Crippen molar-refractivity contribution in [1.82, 2.24) is 0 Å². The van der Waals surface area contributed by atoms with Gasteiger partial charge in [-0.2, -0.15) is 0 Å². The SMILES string of the molecule is CCC(/C=C/C[C@@H](Br)/C=C/OC)(CO)Cc1ccccc1. The molecule has 1 aromatic rings. The minimum atomic E-state index is -0.182. The van der Waals surface area contributed by atoms with Crippen molar-refractivity contribution in [2.75, 3.05) is 13.7 Å². The van der Waals surface area contributed by atoms with Gasteiger partial charge >= 0.3 is 0 Å². The van der Waals surface area contributed by atoms with Crippen LogP contribution in [-0.2, 0) is 11.2 Å². The summed E-state index contributed by atoms with van der Waals surface area (Å²) in [6, 6.07) is 10.3. The first-order chi connectivity index (χ1) is 10.2. The number of alkyl halides is 1. The summed E-state index contributed by atoms with van der Waals surface area (Å²) >= 11 is 3.58. The van der Waals surface area contributed by atoms with E-state index in [2.05, 4.69) is 47.1 Å². The highest BCUT2D eigenvalue weighted by Gasteiger charge is 2.24. The minimum Gasteiger partial charge on any atom is -0.505 e. The molecular formula is C18H25BrO2. The van der Waals surface area contributed by atoms with Crippen LogP contribution in [0.1, 0.15) is 25.3 Å². The number of aliphatic hydroxyl groups excluding tert-OH is 1. The second-order valence-corrected chi connectivity index (χ2v) is 6.43. The maximum atomic E-state index is 9.85. The summed E-state index contributed by atoms with van der Waals surface area (Å²) in [4.78, 5) is 0.249. The van der Waals surface area contributed by atoms with E-state index in [-0.39, 0.29) is 16.8 Å². The number of allylic oxidation sites excluding steroid dienone is 2.